The van der Waals surface area contributed by atoms with Crippen LogP contribution in [0.15, 0.2) is 24.3 Å². The quantitative estimate of drug-likeness (QED) is 0.760. The van der Waals surface area contributed by atoms with E-state index >= 15 is 0 Å². The van der Waals surface area contributed by atoms with Gasteiger partial charge in [0.05, 0.1) is 0 Å². The zero-order chi connectivity index (χ0) is 13.4. The zero-order valence-electron chi connectivity index (χ0n) is 12.6. The Kier molecular flexibility index (Phi) is 7.04. The number of benzene rings is 1. The molecule has 1 nitrogen and oxygen atoms in total. The van der Waals surface area contributed by atoms with Gasteiger partial charge in [-0.2, -0.15) is 0 Å². The standard InChI is InChI=1S/C15H23N.C2H6/c1-3-14-5-4-6-15(11-14)12-16-9-7-13(2)8-10-16;1-2/h4-6,11,13H,3,7-10,12H2,1-2H3;1-2H3. The molecule has 0 spiro atoms. The molecule has 0 N–H and O–H groups in total. The Morgan fingerprint density at radius 3 is 2.33 bits per heavy atom. The molecule has 1 aliphatic heterocycles. The maximum absolute atomic E-state index is 2.59. The molecule has 0 radical (unpaired) electrons. The largest absolute Gasteiger partial charge is 0.299 e. The van der Waals surface area contributed by atoms with E-state index in [4.69, 9.17) is 0 Å². The van der Waals surface area contributed by atoms with Gasteiger partial charge in [0.15, 0.2) is 0 Å². The van der Waals surface area contributed by atoms with Gasteiger partial charge in [-0.05, 0) is 49.4 Å². The zero-order valence-corrected chi connectivity index (χ0v) is 12.6. The monoisotopic (exact) mass is 247 g/mol. The van der Waals surface area contributed by atoms with Crippen LogP contribution in [0.3, 0.4) is 0 Å². The number of piperidine rings is 1. The summed E-state index contributed by atoms with van der Waals surface area (Å²) in [6.45, 7) is 12.3. The second kappa shape index (κ2) is 8.31. The highest BCUT2D eigenvalue weighted by Gasteiger charge is 2.15. The molecule has 0 bridgehead atoms. The van der Waals surface area contributed by atoms with Crippen molar-refractivity contribution in [2.24, 2.45) is 5.92 Å². The summed E-state index contributed by atoms with van der Waals surface area (Å²) in [6, 6.07) is 9.04. The number of likely N-dealkylation sites (tertiary alicyclic amines) is 1. The molecule has 0 amide bonds. The van der Waals surface area contributed by atoms with E-state index in [1.54, 1.807) is 0 Å². The van der Waals surface area contributed by atoms with Crippen molar-refractivity contribution in [1.82, 2.24) is 4.90 Å². The normalized spacial score (nSPS) is 17.1. The Morgan fingerprint density at radius 2 is 1.72 bits per heavy atom. The number of nitrogens with zero attached hydrogens (tertiary/aromatic N) is 1. The van der Waals surface area contributed by atoms with Crippen LogP contribution in [0.5, 0.6) is 0 Å². The molecule has 1 fully saturated rings. The maximum Gasteiger partial charge on any atom is 0.0233 e. The summed E-state index contributed by atoms with van der Waals surface area (Å²) >= 11 is 0. The SMILES string of the molecule is CC.CCc1cccc(CN2CCC(C)CC2)c1. The third kappa shape index (κ3) is 4.81. The first kappa shape index (κ1) is 15.2. The number of hydrogen-bond donors (Lipinski definition) is 0. The van der Waals surface area contributed by atoms with Crippen LogP contribution in [0.4, 0.5) is 0 Å². The van der Waals surface area contributed by atoms with Gasteiger partial charge >= 0.3 is 0 Å². The fourth-order valence-corrected chi connectivity index (χ4v) is 2.43. The molecule has 0 aromatic heterocycles. The van der Waals surface area contributed by atoms with Crippen molar-refractivity contribution in [2.75, 3.05) is 13.1 Å². The third-order valence-corrected chi connectivity index (χ3v) is 3.68. The molecule has 0 unspecified atom stereocenters. The Hall–Kier alpha value is -0.820. The lowest BCUT2D eigenvalue weighted by Crippen LogP contribution is -2.32. The van der Waals surface area contributed by atoms with Crippen LogP contribution in [-0.4, -0.2) is 18.0 Å². The van der Waals surface area contributed by atoms with Gasteiger partial charge in [-0.25, -0.2) is 0 Å². The topological polar surface area (TPSA) is 3.24 Å². The Labute approximate surface area is 113 Å². The molecule has 0 aliphatic carbocycles. The molecule has 1 heteroatoms. The summed E-state index contributed by atoms with van der Waals surface area (Å²) in [4.78, 5) is 2.59. The van der Waals surface area contributed by atoms with Crippen molar-refractivity contribution in [1.29, 1.82) is 0 Å². The van der Waals surface area contributed by atoms with E-state index in [0.717, 1.165) is 18.9 Å². The predicted molar refractivity (Wildman–Crippen MR) is 80.8 cm³/mol. The van der Waals surface area contributed by atoms with Gasteiger partial charge in [0, 0.05) is 6.54 Å². The van der Waals surface area contributed by atoms with E-state index in [1.165, 1.54) is 37.1 Å². The lowest BCUT2D eigenvalue weighted by atomic mass is 9.98. The van der Waals surface area contributed by atoms with E-state index < -0.39 is 0 Å². The first-order valence-corrected chi connectivity index (χ1v) is 7.58. The van der Waals surface area contributed by atoms with Crippen molar-refractivity contribution in [2.45, 2.75) is 53.5 Å². The molecule has 1 aliphatic rings. The van der Waals surface area contributed by atoms with E-state index in [1.807, 2.05) is 13.8 Å². The van der Waals surface area contributed by atoms with E-state index in [0.29, 0.717) is 0 Å². The van der Waals surface area contributed by atoms with Gasteiger partial charge in [0.25, 0.3) is 0 Å². The van der Waals surface area contributed by atoms with Crippen LogP contribution in [0, 0.1) is 5.92 Å². The van der Waals surface area contributed by atoms with Gasteiger partial charge in [0.1, 0.15) is 0 Å². The van der Waals surface area contributed by atoms with Crippen LogP contribution < -0.4 is 0 Å². The molecule has 1 saturated heterocycles. The number of hydrogen-bond acceptors (Lipinski definition) is 1. The second-order valence-corrected chi connectivity index (χ2v) is 5.13. The van der Waals surface area contributed by atoms with Crippen molar-refractivity contribution in [3.8, 4) is 0 Å². The van der Waals surface area contributed by atoms with Crippen molar-refractivity contribution in [3.05, 3.63) is 35.4 Å². The number of rotatable bonds is 3. The van der Waals surface area contributed by atoms with Crippen molar-refractivity contribution in [3.63, 3.8) is 0 Å². The Morgan fingerprint density at radius 1 is 1.11 bits per heavy atom. The van der Waals surface area contributed by atoms with Crippen LogP contribution in [0.25, 0.3) is 0 Å². The molecule has 1 aromatic carbocycles. The molecular formula is C17H29N. The highest BCUT2D eigenvalue weighted by Crippen LogP contribution is 2.18. The van der Waals surface area contributed by atoms with Crippen molar-refractivity contribution >= 4 is 0 Å². The fraction of sp³-hybridized carbons (Fsp3) is 0.647. The Balaban J connectivity index is 0.000000771. The smallest absolute Gasteiger partial charge is 0.0233 e. The summed E-state index contributed by atoms with van der Waals surface area (Å²) in [5.74, 6) is 0.929. The van der Waals surface area contributed by atoms with Gasteiger partial charge in [0.2, 0.25) is 0 Å². The molecule has 0 saturated carbocycles. The lowest BCUT2D eigenvalue weighted by molar-refractivity contribution is 0.185. The van der Waals surface area contributed by atoms with E-state index in [-0.39, 0.29) is 0 Å². The predicted octanol–water partition coefficient (Wildman–Crippen LogP) is 4.51. The van der Waals surface area contributed by atoms with Crippen LogP contribution in [0.2, 0.25) is 0 Å². The molecular weight excluding hydrogens is 218 g/mol. The van der Waals surface area contributed by atoms with E-state index in [2.05, 4.69) is 43.0 Å². The highest BCUT2D eigenvalue weighted by atomic mass is 15.1. The summed E-state index contributed by atoms with van der Waals surface area (Å²) in [5, 5.41) is 0. The minimum absolute atomic E-state index is 0.929. The molecule has 1 aromatic rings. The molecule has 102 valence electrons. The van der Waals surface area contributed by atoms with Gasteiger partial charge < -0.3 is 0 Å². The molecule has 0 atom stereocenters. The van der Waals surface area contributed by atoms with Gasteiger partial charge in [-0.15, -0.1) is 0 Å². The summed E-state index contributed by atoms with van der Waals surface area (Å²) in [6.07, 6.45) is 3.88. The average molecular weight is 247 g/mol. The Bertz CT molecular complexity index is 324. The van der Waals surface area contributed by atoms with Gasteiger partial charge in [-0.3, -0.25) is 4.90 Å². The second-order valence-electron chi connectivity index (χ2n) is 5.13. The lowest BCUT2D eigenvalue weighted by Gasteiger charge is -2.30. The maximum atomic E-state index is 2.59. The molecule has 2 rings (SSSR count). The third-order valence-electron chi connectivity index (χ3n) is 3.68. The van der Waals surface area contributed by atoms with Crippen LogP contribution in [-0.2, 0) is 13.0 Å². The summed E-state index contributed by atoms with van der Waals surface area (Å²) < 4.78 is 0. The number of aryl methyl sites for hydroxylation is 1. The minimum Gasteiger partial charge on any atom is -0.299 e. The van der Waals surface area contributed by atoms with Crippen molar-refractivity contribution < 1.29 is 0 Å². The van der Waals surface area contributed by atoms with Crippen LogP contribution >= 0.6 is 0 Å². The fourth-order valence-electron chi connectivity index (χ4n) is 2.43. The summed E-state index contributed by atoms with van der Waals surface area (Å²) in [5.41, 5.74) is 2.94. The molecule has 1 heterocycles. The van der Waals surface area contributed by atoms with E-state index in [9.17, 15) is 0 Å². The summed E-state index contributed by atoms with van der Waals surface area (Å²) in [7, 11) is 0. The van der Waals surface area contributed by atoms with Gasteiger partial charge in [-0.1, -0.05) is 52.0 Å². The van der Waals surface area contributed by atoms with Crippen LogP contribution in [0.1, 0.15) is 51.7 Å². The highest BCUT2D eigenvalue weighted by molar-refractivity contribution is 5.23. The minimum atomic E-state index is 0.929. The average Bonchev–Trinajstić information content (AvgIpc) is 2.44. The first-order chi connectivity index (χ1) is 8.78. The first-order valence-electron chi connectivity index (χ1n) is 7.58. The molecule has 18 heavy (non-hydrogen) atoms.